The van der Waals surface area contributed by atoms with Crippen molar-refractivity contribution < 1.29 is 4.79 Å². The number of nitrogens with zero attached hydrogens (tertiary/aromatic N) is 1. The Balaban J connectivity index is 2.17. The fraction of sp³-hybridized carbons (Fsp3) is 0.0833. The van der Waals surface area contributed by atoms with Gasteiger partial charge in [0.1, 0.15) is 6.54 Å². The minimum Gasteiger partial charge on any atom is -0.323 e. The Hall–Kier alpha value is -1.86. The van der Waals surface area contributed by atoms with E-state index >= 15 is 0 Å². The fourth-order valence-corrected chi connectivity index (χ4v) is 2.04. The summed E-state index contributed by atoms with van der Waals surface area (Å²) in [4.78, 5) is 36.6. The number of H-pyrrole nitrogens is 1. The van der Waals surface area contributed by atoms with Crippen LogP contribution in [-0.2, 0) is 11.3 Å². The van der Waals surface area contributed by atoms with Crippen LogP contribution >= 0.6 is 27.5 Å². The molecule has 2 aromatic rings. The largest absolute Gasteiger partial charge is 0.328 e. The third kappa shape index (κ3) is 3.37. The van der Waals surface area contributed by atoms with Crippen molar-refractivity contribution in [3.63, 3.8) is 0 Å². The molecule has 20 heavy (non-hydrogen) atoms. The minimum atomic E-state index is -0.660. The maximum Gasteiger partial charge on any atom is 0.328 e. The number of amides is 1. The summed E-state index contributed by atoms with van der Waals surface area (Å²) in [7, 11) is 0. The molecule has 104 valence electrons. The van der Waals surface area contributed by atoms with Crippen molar-refractivity contribution in [2.24, 2.45) is 0 Å². The number of rotatable bonds is 3. The first-order chi connectivity index (χ1) is 9.47. The Morgan fingerprint density at radius 3 is 2.75 bits per heavy atom. The standard InChI is InChI=1S/C12H9BrClN3O3/c13-7-5-17(12(20)16-11(7)19)6-10(18)15-9-4-2-1-3-8(9)14/h1-5H,6H2,(H,15,18)(H,16,19,20). The molecule has 0 atom stereocenters. The van der Waals surface area contributed by atoms with E-state index in [1.54, 1.807) is 24.3 Å². The van der Waals surface area contributed by atoms with Gasteiger partial charge in [0.15, 0.2) is 0 Å². The molecular weight excluding hydrogens is 350 g/mol. The van der Waals surface area contributed by atoms with E-state index in [1.165, 1.54) is 6.20 Å². The summed E-state index contributed by atoms with van der Waals surface area (Å²) in [6.07, 6.45) is 1.26. The number of para-hydroxylation sites is 1. The molecule has 1 aromatic heterocycles. The molecule has 0 saturated heterocycles. The van der Waals surface area contributed by atoms with Crippen molar-refractivity contribution >= 4 is 39.1 Å². The molecule has 0 saturated carbocycles. The Labute approximate surface area is 126 Å². The molecule has 0 radical (unpaired) electrons. The van der Waals surface area contributed by atoms with E-state index in [-0.39, 0.29) is 11.0 Å². The number of aromatic amines is 1. The lowest BCUT2D eigenvalue weighted by atomic mass is 10.3. The van der Waals surface area contributed by atoms with Crippen LogP contribution in [0.25, 0.3) is 0 Å². The first-order valence-corrected chi connectivity index (χ1v) is 6.68. The van der Waals surface area contributed by atoms with E-state index in [0.717, 1.165) is 4.57 Å². The molecule has 0 aliphatic carbocycles. The molecule has 2 N–H and O–H groups in total. The lowest BCUT2D eigenvalue weighted by Gasteiger charge is -2.08. The summed E-state index contributed by atoms with van der Waals surface area (Å²) in [5.41, 5.74) is -0.749. The highest BCUT2D eigenvalue weighted by atomic mass is 79.9. The maximum absolute atomic E-state index is 11.8. The van der Waals surface area contributed by atoms with Crippen LogP contribution in [0.4, 0.5) is 5.69 Å². The van der Waals surface area contributed by atoms with Gasteiger partial charge in [-0.15, -0.1) is 0 Å². The van der Waals surface area contributed by atoms with Crippen LogP contribution in [0, 0.1) is 0 Å². The van der Waals surface area contributed by atoms with Gasteiger partial charge in [-0.1, -0.05) is 23.7 Å². The van der Waals surface area contributed by atoms with Gasteiger partial charge in [-0.2, -0.15) is 0 Å². The van der Waals surface area contributed by atoms with Gasteiger partial charge in [-0.25, -0.2) is 4.79 Å². The normalized spacial score (nSPS) is 10.3. The second-order valence-corrected chi connectivity index (χ2v) is 5.15. The van der Waals surface area contributed by atoms with E-state index < -0.39 is 17.2 Å². The van der Waals surface area contributed by atoms with Gasteiger partial charge < -0.3 is 5.32 Å². The van der Waals surface area contributed by atoms with Crippen molar-refractivity contribution in [3.8, 4) is 0 Å². The smallest absolute Gasteiger partial charge is 0.323 e. The molecule has 0 bridgehead atoms. The van der Waals surface area contributed by atoms with Crippen LogP contribution in [0.15, 0.2) is 44.5 Å². The van der Waals surface area contributed by atoms with Crippen molar-refractivity contribution in [2.75, 3.05) is 5.32 Å². The molecule has 0 spiro atoms. The first-order valence-electron chi connectivity index (χ1n) is 5.51. The van der Waals surface area contributed by atoms with E-state index in [2.05, 4.69) is 26.2 Å². The molecule has 1 heterocycles. The quantitative estimate of drug-likeness (QED) is 0.874. The summed E-state index contributed by atoms with van der Waals surface area (Å²) in [5.74, 6) is -0.431. The van der Waals surface area contributed by atoms with Crippen LogP contribution in [0.1, 0.15) is 0 Å². The number of carbonyl (C=O) groups is 1. The molecule has 8 heteroatoms. The highest BCUT2D eigenvalue weighted by molar-refractivity contribution is 9.10. The topological polar surface area (TPSA) is 84.0 Å². The van der Waals surface area contributed by atoms with E-state index in [1.807, 2.05) is 0 Å². The van der Waals surface area contributed by atoms with Crippen molar-refractivity contribution in [3.05, 3.63) is 60.8 Å². The third-order valence-electron chi connectivity index (χ3n) is 2.43. The van der Waals surface area contributed by atoms with Crippen molar-refractivity contribution in [1.82, 2.24) is 9.55 Å². The van der Waals surface area contributed by atoms with Crippen LogP contribution < -0.4 is 16.6 Å². The number of halogens is 2. The number of nitrogens with one attached hydrogen (secondary N) is 2. The van der Waals surface area contributed by atoms with Crippen LogP contribution in [0.5, 0.6) is 0 Å². The SMILES string of the molecule is O=C(Cn1cc(Br)c(=O)[nH]c1=O)Nc1ccccc1Cl. The van der Waals surface area contributed by atoms with E-state index in [4.69, 9.17) is 11.6 Å². The van der Waals surface area contributed by atoms with E-state index in [9.17, 15) is 14.4 Å². The third-order valence-corrected chi connectivity index (χ3v) is 3.32. The second-order valence-electron chi connectivity index (χ2n) is 3.89. The van der Waals surface area contributed by atoms with Crippen LogP contribution in [0.2, 0.25) is 5.02 Å². The Morgan fingerprint density at radius 1 is 1.35 bits per heavy atom. The number of carbonyl (C=O) groups excluding carboxylic acids is 1. The summed E-state index contributed by atoms with van der Waals surface area (Å²) in [6.45, 7) is -0.237. The lowest BCUT2D eigenvalue weighted by Crippen LogP contribution is -2.33. The number of hydrogen-bond donors (Lipinski definition) is 2. The summed E-state index contributed by atoms with van der Waals surface area (Å²) < 4.78 is 1.25. The molecular formula is C12H9BrClN3O3. The summed E-state index contributed by atoms with van der Waals surface area (Å²) >= 11 is 8.90. The Bertz CT molecular complexity index is 769. The minimum absolute atomic E-state index is 0.169. The fourth-order valence-electron chi connectivity index (χ4n) is 1.51. The summed E-state index contributed by atoms with van der Waals surface area (Å²) in [5, 5.41) is 2.98. The number of benzene rings is 1. The zero-order valence-corrected chi connectivity index (χ0v) is 12.4. The average molecular weight is 359 g/mol. The van der Waals surface area contributed by atoms with Gasteiger partial charge in [0.2, 0.25) is 5.91 Å². The number of anilines is 1. The highest BCUT2D eigenvalue weighted by Crippen LogP contribution is 2.20. The Kier molecular flexibility index (Phi) is 4.41. The van der Waals surface area contributed by atoms with Gasteiger partial charge in [-0.3, -0.25) is 19.1 Å². The number of hydrogen-bond acceptors (Lipinski definition) is 3. The predicted octanol–water partition coefficient (Wildman–Crippen LogP) is 1.59. The second kappa shape index (κ2) is 6.06. The van der Waals surface area contributed by atoms with Gasteiger partial charge in [0.25, 0.3) is 5.56 Å². The van der Waals surface area contributed by atoms with Crippen molar-refractivity contribution in [1.29, 1.82) is 0 Å². The zero-order valence-electron chi connectivity index (χ0n) is 10.0. The molecule has 2 rings (SSSR count). The molecule has 1 amide bonds. The highest BCUT2D eigenvalue weighted by Gasteiger charge is 2.09. The lowest BCUT2D eigenvalue weighted by molar-refractivity contribution is -0.116. The summed E-state index contributed by atoms with van der Waals surface area (Å²) in [6, 6.07) is 6.75. The van der Waals surface area contributed by atoms with Gasteiger partial charge >= 0.3 is 5.69 Å². The first kappa shape index (κ1) is 14.5. The molecule has 0 aliphatic heterocycles. The number of aromatic nitrogens is 2. The molecule has 1 aromatic carbocycles. The maximum atomic E-state index is 11.8. The molecule has 0 aliphatic rings. The molecule has 0 fully saturated rings. The van der Waals surface area contributed by atoms with E-state index in [0.29, 0.717) is 10.7 Å². The monoisotopic (exact) mass is 357 g/mol. The van der Waals surface area contributed by atoms with Gasteiger partial charge in [0.05, 0.1) is 15.2 Å². The van der Waals surface area contributed by atoms with Crippen LogP contribution in [-0.4, -0.2) is 15.5 Å². The zero-order chi connectivity index (χ0) is 14.7. The molecule has 6 nitrogen and oxygen atoms in total. The average Bonchev–Trinajstić information content (AvgIpc) is 2.39. The van der Waals surface area contributed by atoms with Gasteiger partial charge in [0, 0.05) is 6.20 Å². The van der Waals surface area contributed by atoms with Crippen molar-refractivity contribution in [2.45, 2.75) is 6.54 Å². The Morgan fingerprint density at radius 2 is 2.05 bits per heavy atom. The predicted molar refractivity (Wildman–Crippen MR) is 79.1 cm³/mol. The van der Waals surface area contributed by atoms with Crippen LogP contribution in [0.3, 0.4) is 0 Å². The molecule has 0 unspecified atom stereocenters. The van der Waals surface area contributed by atoms with Gasteiger partial charge in [-0.05, 0) is 28.1 Å².